The van der Waals surface area contributed by atoms with Gasteiger partial charge in [0, 0.05) is 43.9 Å². The minimum absolute atomic E-state index is 0.00428. The third kappa shape index (κ3) is 2.89. The highest BCUT2D eigenvalue weighted by atomic mass is 16.2. The van der Waals surface area contributed by atoms with E-state index in [9.17, 15) is 9.59 Å². The molecule has 2 aromatic rings. The van der Waals surface area contributed by atoms with Gasteiger partial charge in [0.15, 0.2) is 0 Å². The predicted octanol–water partition coefficient (Wildman–Crippen LogP) is 1.26. The van der Waals surface area contributed by atoms with Crippen molar-refractivity contribution in [3.05, 3.63) is 70.1 Å². The number of carbonyl (C=O) groups excluding carboxylic acids is 1. The molecule has 2 bridgehead atoms. The summed E-state index contributed by atoms with van der Waals surface area (Å²) in [6.45, 7) is 2.81. The molecule has 5 rings (SSSR count). The van der Waals surface area contributed by atoms with Crippen molar-refractivity contribution in [2.75, 3.05) is 19.6 Å². The predicted molar refractivity (Wildman–Crippen MR) is 102 cm³/mol. The Hall–Kier alpha value is -2.44. The van der Waals surface area contributed by atoms with Gasteiger partial charge in [0.05, 0.1) is 12.0 Å². The van der Waals surface area contributed by atoms with E-state index in [1.165, 1.54) is 0 Å². The highest BCUT2D eigenvalue weighted by Crippen LogP contribution is 2.36. The van der Waals surface area contributed by atoms with Crippen molar-refractivity contribution in [1.82, 2.24) is 20.3 Å². The second-order valence-corrected chi connectivity index (χ2v) is 7.96. The number of amides is 1. The Morgan fingerprint density at radius 2 is 1.85 bits per heavy atom. The number of fused-ring (bicyclic) bond motifs is 4. The molecule has 3 aliphatic heterocycles. The molecule has 1 aromatic carbocycles. The molecule has 140 valence electrons. The van der Waals surface area contributed by atoms with Gasteiger partial charge >= 0.3 is 0 Å². The van der Waals surface area contributed by atoms with E-state index in [-0.39, 0.29) is 29.3 Å². The van der Waals surface area contributed by atoms with Gasteiger partial charge in [-0.1, -0.05) is 36.4 Å². The minimum Gasteiger partial charge on any atom is -0.341 e. The van der Waals surface area contributed by atoms with Crippen molar-refractivity contribution < 1.29 is 4.79 Å². The van der Waals surface area contributed by atoms with Crippen molar-refractivity contribution in [3.8, 4) is 0 Å². The monoisotopic (exact) mass is 364 g/mol. The van der Waals surface area contributed by atoms with Crippen LogP contribution in [0.25, 0.3) is 0 Å². The second kappa shape index (κ2) is 6.62. The van der Waals surface area contributed by atoms with E-state index in [1.807, 2.05) is 39.8 Å². The van der Waals surface area contributed by atoms with Gasteiger partial charge in [-0.2, -0.15) is 0 Å². The van der Waals surface area contributed by atoms with E-state index in [0.29, 0.717) is 19.0 Å². The van der Waals surface area contributed by atoms with Gasteiger partial charge in [0.2, 0.25) is 5.91 Å². The zero-order valence-corrected chi connectivity index (χ0v) is 15.2. The first-order valence-electron chi connectivity index (χ1n) is 9.72. The number of hydrazine groups is 1. The van der Waals surface area contributed by atoms with E-state index in [1.54, 1.807) is 6.07 Å². The SMILES string of the molecule is O=C(C1CNNC1c1ccccc1)N1C[C@H]2C[C@@H](C1)c1cccc(=O)n1C2. The molecule has 6 nitrogen and oxygen atoms in total. The summed E-state index contributed by atoms with van der Waals surface area (Å²) in [7, 11) is 0. The lowest BCUT2D eigenvalue weighted by molar-refractivity contribution is -0.138. The molecule has 2 fully saturated rings. The molecule has 0 spiro atoms. The lowest BCUT2D eigenvalue weighted by Gasteiger charge is -2.43. The lowest BCUT2D eigenvalue weighted by atomic mass is 9.82. The van der Waals surface area contributed by atoms with Crippen molar-refractivity contribution in [3.63, 3.8) is 0 Å². The highest BCUT2D eigenvalue weighted by Gasteiger charge is 2.41. The first-order valence-corrected chi connectivity index (χ1v) is 9.72. The highest BCUT2D eigenvalue weighted by molar-refractivity contribution is 5.80. The van der Waals surface area contributed by atoms with Gasteiger partial charge in [-0.05, 0) is 24.0 Å². The fraction of sp³-hybridized carbons (Fsp3) is 0.429. The number of pyridine rings is 1. The summed E-state index contributed by atoms with van der Waals surface area (Å²) >= 11 is 0. The quantitative estimate of drug-likeness (QED) is 0.842. The second-order valence-electron chi connectivity index (χ2n) is 7.96. The molecule has 27 heavy (non-hydrogen) atoms. The first kappa shape index (κ1) is 16.7. The average Bonchev–Trinajstić information content (AvgIpc) is 3.19. The van der Waals surface area contributed by atoms with Crippen LogP contribution in [0.5, 0.6) is 0 Å². The van der Waals surface area contributed by atoms with Crippen molar-refractivity contribution in [2.45, 2.75) is 24.9 Å². The Balaban J connectivity index is 1.38. The van der Waals surface area contributed by atoms with Crippen molar-refractivity contribution >= 4 is 5.91 Å². The number of benzene rings is 1. The topological polar surface area (TPSA) is 66.4 Å². The van der Waals surface area contributed by atoms with Gasteiger partial charge in [-0.15, -0.1) is 0 Å². The van der Waals surface area contributed by atoms with Crippen LogP contribution in [0.2, 0.25) is 0 Å². The summed E-state index contributed by atoms with van der Waals surface area (Å²) < 4.78 is 1.91. The van der Waals surface area contributed by atoms with E-state index >= 15 is 0 Å². The van der Waals surface area contributed by atoms with Crippen LogP contribution in [-0.4, -0.2) is 35.0 Å². The molecule has 1 amide bonds. The zero-order chi connectivity index (χ0) is 18.4. The molecular formula is C21H24N4O2. The number of nitrogens with zero attached hydrogens (tertiary/aromatic N) is 2. The molecule has 0 saturated carbocycles. The summed E-state index contributed by atoms with van der Waals surface area (Å²) in [6, 6.07) is 15.7. The lowest BCUT2D eigenvalue weighted by Crippen LogP contribution is -2.51. The van der Waals surface area contributed by atoms with Crippen LogP contribution in [-0.2, 0) is 11.3 Å². The third-order valence-corrected chi connectivity index (χ3v) is 6.25. The van der Waals surface area contributed by atoms with E-state index < -0.39 is 0 Å². The molecule has 3 aliphatic rings. The largest absolute Gasteiger partial charge is 0.341 e. The molecule has 6 heteroatoms. The van der Waals surface area contributed by atoms with Gasteiger partial charge in [-0.3, -0.25) is 15.0 Å². The fourth-order valence-electron chi connectivity index (χ4n) is 5.01. The number of aromatic nitrogens is 1. The van der Waals surface area contributed by atoms with Crippen LogP contribution < -0.4 is 16.4 Å². The summed E-state index contributed by atoms with van der Waals surface area (Å²) in [5.41, 5.74) is 8.74. The average molecular weight is 364 g/mol. The molecule has 0 aliphatic carbocycles. The standard InChI is InChI=1S/C21H24N4O2/c26-19-8-4-7-18-16-9-14(12-25(18)19)11-24(13-16)21(27)17-10-22-23-20(17)15-5-2-1-3-6-15/h1-8,14,16-17,20,22-23H,9-13H2/t14-,16+,17?,20?/m1/s1. The van der Waals surface area contributed by atoms with Crippen molar-refractivity contribution in [1.29, 1.82) is 0 Å². The molecule has 4 heterocycles. The van der Waals surface area contributed by atoms with Crippen LogP contribution in [0.3, 0.4) is 0 Å². The third-order valence-electron chi connectivity index (χ3n) is 6.25. The smallest absolute Gasteiger partial charge is 0.250 e. The fourth-order valence-corrected chi connectivity index (χ4v) is 5.01. The van der Waals surface area contributed by atoms with Crippen LogP contribution in [0.15, 0.2) is 53.3 Å². The molecule has 0 radical (unpaired) electrons. The molecular weight excluding hydrogens is 340 g/mol. The van der Waals surface area contributed by atoms with Crippen LogP contribution in [0.1, 0.15) is 29.6 Å². The Morgan fingerprint density at radius 1 is 1.00 bits per heavy atom. The van der Waals surface area contributed by atoms with Gasteiger partial charge < -0.3 is 9.47 Å². The van der Waals surface area contributed by atoms with Crippen LogP contribution >= 0.6 is 0 Å². The normalized spacial score (nSPS) is 29.4. The number of nitrogens with one attached hydrogen (secondary N) is 2. The van der Waals surface area contributed by atoms with Crippen molar-refractivity contribution in [2.24, 2.45) is 11.8 Å². The summed E-state index contributed by atoms with van der Waals surface area (Å²) in [5.74, 6) is 0.720. The summed E-state index contributed by atoms with van der Waals surface area (Å²) in [5, 5.41) is 0. The Kier molecular flexibility index (Phi) is 4.10. The Bertz CT molecular complexity index is 910. The van der Waals surface area contributed by atoms with Gasteiger partial charge in [0.25, 0.3) is 5.56 Å². The van der Waals surface area contributed by atoms with Gasteiger partial charge in [-0.25, -0.2) is 5.43 Å². The molecule has 4 atom stereocenters. The maximum Gasteiger partial charge on any atom is 0.250 e. The number of hydrogen-bond acceptors (Lipinski definition) is 4. The number of likely N-dealkylation sites (tertiary alicyclic amines) is 1. The van der Waals surface area contributed by atoms with Gasteiger partial charge in [0.1, 0.15) is 0 Å². The summed E-state index contributed by atoms with van der Waals surface area (Å²) in [4.78, 5) is 27.6. The van der Waals surface area contributed by atoms with Crippen LogP contribution in [0, 0.1) is 11.8 Å². The van der Waals surface area contributed by atoms with E-state index in [2.05, 4.69) is 23.0 Å². The molecule has 2 saturated heterocycles. The van der Waals surface area contributed by atoms with E-state index in [4.69, 9.17) is 0 Å². The van der Waals surface area contributed by atoms with E-state index in [0.717, 1.165) is 30.8 Å². The Labute approximate surface area is 158 Å². The number of piperidine rings is 1. The minimum atomic E-state index is -0.107. The first-order chi connectivity index (χ1) is 13.2. The number of hydrogen-bond donors (Lipinski definition) is 2. The molecule has 2 unspecified atom stereocenters. The maximum atomic E-state index is 13.4. The van der Waals surface area contributed by atoms with Crippen LogP contribution in [0.4, 0.5) is 0 Å². The molecule has 1 aromatic heterocycles. The summed E-state index contributed by atoms with van der Waals surface area (Å²) in [6.07, 6.45) is 1.07. The number of carbonyl (C=O) groups is 1. The zero-order valence-electron chi connectivity index (χ0n) is 15.2. The Morgan fingerprint density at radius 3 is 2.70 bits per heavy atom. The maximum absolute atomic E-state index is 13.4. The molecule has 2 N–H and O–H groups in total. The number of rotatable bonds is 2.